The average Bonchev–Trinajstić information content (AvgIpc) is 2.54. The van der Waals surface area contributed by atoms with Crippen LogP contribution in [0.5, 0.6) is 0 Å². The number of aryl methyl sites for hydroxylation is 1. The molecule has 0 bridgehead atoms. The molecule has 0 atom stereocenters. The number of nitrogens with one attached hydrogen (secondary N) is 2. The minimum Gasteiger partial charge on any atom is -0.277 e. The van der Waals surface area contributed by atoms with E-state index in [9.17, 15) is 4.79 Å². The second kappa shape index (κ2) is 6.60. The molecule has 0 aliphatic rings. The molecule has 0 unspecified atom stereocenters. The third kappa shape index (κ3) is 3.44. The van der Waals surface area contributed by atoms with Gasteiger partial charge in [-0.1, -0.05) is 30.3 Å². The maximum atomic E-state index is 12.1. The highest BCUT2D eigenvalue weighted by molar-refractivity contribution is 7.97. The summed E-state index contributed by atoms with van der Waals surface area (Å²) in [5.41, 5.74) is 5.24. The molecule has 0 aliphatic carbocycles. The van der Waals surface area contributed by atoms with Crippen LogP contribution in [0.25, 0.3) is 10.9 Å². The molecule has 2 N–H and O–H groups in total. The molecule has 1 aromatic heterocycles. The van der Waals surface area contributed by atoms with Crippen molar-refractivity contribution in [1.29, 1.82) is 0 Å². The predicted octanol–water partition coefficient (Wildman–Crippen LogP) is 3.48. The van der Waals surface area contributed by atoms with Crippen LogP contribution in [-0.2, 0) is 0 Å². The molecule has 22 heavy (non-hydrogen) atoms. The van der Waals surface area contributed by atoms with Crippen LogP contribution >= 0.6 is 11.9 Å². The Hall–Kier alpha value is -2.37. The number of hydrogen-bond donors (Lipinski definition) is 2. The maximum Gasteiger partial charge on any atom is 0.267 e. The first-order chi connectivity index (χ1) is 10.7. The number of nitrogens with zero attached hydrogens (tertiary/aromatic N) is 1. The first kappa shape index (κ1) is 14.6. The number of amides is 1. The maximum absolute atomic E-state index is 12.1. The molecule has 1 amide bonds. The third-order valence-corrected chi connectivity index (χ3v) is 3.87. The van der Waals surface area contributed by atoms with Crippen molar-refractivity contribution in [2.45, 2.75) is 11.8 Å². The molecule has 1 heterocycles. The van der Waals surface area contributed by atoms with Gasteiger partial charge in [0.15, 0.2) is 0 Å². The lowest BCUT2D eigenvalue weighted by atomic mass is 10.1. The number of fused-ring (bicyclic) bond motifs is 1. The fourth-order valence-electron chi connectivity index (χ4n) is 2.08. The summed E-state index contributed by atoms with van der Waals surface area (Å²) >= 11 is 1.36. The molecule has 3 aromatic rings. The van der Waals surface area contributed by atoms with E-state index < -0.39 is 0 Å². The Balaban J connectivity index is 1.63. The zero-order valence-corrected chi connectivity index (χ0v) is 12.9. The van der Waals surface area contributed by atoms with Gasteiger partial charge in [-0.25, -0.2) is 0 Å². The van der Waals surface area contributed by atoms with E-state index in [2.05, 4.69) is 15.2 Å². The van der Waals surface area contributed by atoms with Crippen LogP contribution < -0.4 is 10.3 Å². The lowest BCUT2D eigenvalue weighted by Crippen LogP contribution is -2.32. The van der Waals surface area contributed by atoms with Gasteiger partial charge in [0.1, 0.15) is 0 Å². The van der Waals surface area contributed by atoms with Crippen LogP contribution in [0.4, 0.5) is 0 Å². The largest absolute Gasteiger partial charge is 0.277 e. The molecule has 0 saturated carbocycles. The van der Waals surface area contributed by atoms with Crippen LogP contribution in [0.2, 0.25) is 0 Å². The van der Waals surface area contributed by atoms with E-state index in [1.54, 1.807) is 6.20 Å². The normalized spacial score (nSPS) is 10.6. The van der Waals surface area contributed by atoms with Gasteiger partial charge in [-0.05, 0) is 48.7 Å². The highest BCUT2D eigenvalue weighted by Crippen LogP contribution is 2.15. The van der Waals surface area contributed by atoms with Crippen molar-refractivity contribution < 1.29 is 4.79 Å². The van der Waals surface area contributed by atoms with Gasteiger partial charge < -0.3 is 0 Å². The number of pyridine rings is 1. The van der Waals surface area contributed by atoms with Crippen LogP contribution in [0.15, 0.2) is 65.7 Å². The van der Waals surface area contributed by atoms with Gasteiger partial charge in [0.25, 0.3) is 5.91 Å². The SMILES string of the molecule is Cc1cccc(SNNC(=O)c2cnc3ccccc3c2)c1. The monoisotopic (exact) mass is 309 g/mol. The smallest absolute Gasteiger partial charge is 0.267 e. The van der Waals surface area contributed by atoms with E-state index in [0.717, 1.165) is 15.8 Å². The van der Waals surface area contributed by atoms with Crippen LogP contribution in [0.1, 0.15) is 15.9 Å². The van der Waals surface area contributed by atoms with E-state index >= 15 is 0 Å². The third-order valence-electron chi connectivity index (χ3n) is 3.18. The number of rotatable bonds is 4. The zero-order chi connectivity index (χ0) is 15.4. The summed E-state index contributed by atoms with van der Waals surface area (Å²) in [4.78, 5) is 20.3. The predicted molar refractivity (Wildman–Crippen MR) is 89.4 cm³/mol. The number of benzene rings is 2. The Morgan fingerprint density at radius 2 is 1.95 bits per heavy atom. The Morgan fingerprint density at radius 3 is 2.82 bits per heavy atom. The van der Waals surface area contributed by atoms with Crippen molar-refractivity contribution in [1.82, 2.24) is 15.2 Å². The standard InChI is InChI=1S/C17H15N3OS/c1-12-5-4-7-15(9-12)22-20-19-17(21)14-10-13-6-2-3-8-16(13)18-11-14/h2-11,20H,1H3,(H,19,21). The fraction of sp³-hybridized carbons (Fsp3) is 0.0588. The summed E-state index contributed by atoms with van der Waals surface area (Å²) < 4.78 is 0. The molecular weight excluding hydrogens is 294 g/mol. The average molecular weight is 309 g/mol. The quantitative estimate of drug-likeness (QED) is 0.572. The van der Waals surface area contributed by atoms with Gasteiger partial charge in [-0.2, -0.15) is 4.83 Å². The van der Waals surface area contributed by atoms with Gasteiger partial charge in [0.05, 0.1) is 11.1 Å². The van der Waals surface area contributed by atoms with Gasteiger partial charge in [-0.3, -0.25) is 15.2 Å². The number of carbonyl (C=O) groups excluding carboxylic acids is 1. The van der Waals surface area contributed by atoms with Crippen LogP contribution in [-0.4, -0.2) is 10.9 Å². The molecule has 0 saturated heterocycles. The molecule has 110 valence electrons. The van der Waals surface area contributed by atoms with Gasteiger partial charge in [0.2, 0.25) is 0 Å². The Kier molecular flexibility index (Phi) is 4.37. The molecule has 4 nitrogen and oxygen atoms in total. The Morgan fingerprint density at radius 1 is 1.09 bits per heavy atom. The van der Waals surface area contributed by atoms with Crippen molar-refractivity contribution in [3.8, 4) is 0 Å². The number of hydrazine groups is 1. The van der Waals surface area contributed by atoms with Gasteiger partial charge in [0, 0.05) is 16.5 Å². The summed E-state index contributed by atoms with van der Waals surface area (Å²) in [6.07, 6.45) is 1.58. The topological polar surface area (TPSA) is 54.0 Å². The highest BCUT2D eigenvalue weighted by atomic mass is 32.2. The number of hydrogen-bond acceptors (Lipinski definition) is 4. The van der Waals surface area contributed by atoms with Crippen LogP contribution in [0.3, 0.4) is 0 Å². The minimum atomic E-state index is -0.210. The molecule has 0 fully saturated rings. The van der Waals surface area contributed by atoms with E-state index in [4.69, 9.17) is 0 Å². The molecule has 5 heteroatoms. The number of para-hydroxylation sites is 1. The van der Waals surface area contributed by atoms with Crippen molar-refractivity contribution in [2.75, 3.05) is 0 Å². The van der Waals surface area contributed by atoms with Crippen LogP contribution in [0, 0.1) is 6.92 Å². The molecular formula is C17H15N3OS. The van der Waals surface area contributed by atoms with Crippen molar-refractivity contribution in [2.24, 2.45) is 0 Å². The van der Waals surface area contributed by atoms with E-state index in [0.29, 0.717) is 5.56 Å². The summed E-state index contributed by atoms with van der Waals surface area (Å²) in [6, 6.07) is 17.6. The first-order valence-corrected chi connectivity index (χ1v) is 7.68. The Bertz CT molecular complexity index is 820. The Labute approximate surface area is 133 Å². The second-order valence-corrected chi connectivity index (χ2v) is 5.77. The van der Waals surface area contributed by atoms with Crippen molar-refractivity contribution >= 4 is 28.8 Å². The first-order valence-electron chi connectivity index (χ1n) is 6.86. The summed E-state index contributed by atoms with van der Waals surface area (Å²) in [5, 5.41) is 0.946. The number of carbonyl (C=O) groups is 1. The summed E-state index contributed by atoms with van der Waals surface area (Å²) in [6.45, 7) is 2.03. The molecule has 2 aromatic carbocycles. The van der Waals surface area contributed by atoms with E-state index in [1.165, 1.54) is 17.5 Å². The molecule has 0 spiro atoms. The lowest BCUT2D eigenvalue weighted by molar-refractivity contribution is 0.0947. The molecule has 0 radical (unpaired) electrons. The van der Waals surface area contributed by atoms with Crippen molar-refractivity contribution in [3.63, 3.8) is 0 Å². The zero-order valence-electron chi connectivity index (χ0n) is 12.0. The van der Waals surface area contributed by atoms with Gasteiger partial charge in [-0.15, -0.1) is 0 Å². The molecule has 3 rings (SSSR count). The highest BCUT2D eigenvalue weighted by Gasteiger charge is 2.06. The second-order valence-electron chi connectivity index (χ2n) is 4.89. The summed E-state index contributed by atoms with van der Waals surface area (Å²) in [5.74, 6) is -0.210. The molecule has 0 aliphatic heterocycles. The van der Waals surface area contributed by atoms with E-state index in [1.807, 2.05) is 61.5 Å². The van der Waals surface area contributed by atoms with Gasteiger partial charge >= 0.3 is 0 Å². The summed E-state index contributed by atoms with van der Waals surface area (Å²) in [7, 11) is 0. The fourth-order valence-corrected chi connectivity index (χ4v) is 2.73. The minimum absolute atomic E-state index is 0.210. The van der Waals surface area contributed by atoms with Crippen molar-refractivity contribution in [3.05, 3.63) is 71.9 Å². The van der Waals surface area contributed by atoms with E-state index in [-0.39, 0.29) is 5.91 Å². The number of aromatic nitrogens is 1. The lowest BCUT2D eigenvalue weighted by Gasteiger charge is -2.07.